The van der Waals surface area contributed by atoms with E-state index in [4.69, 9.17) is 14.2 Å². The number of esters is 3. The number of carbonyl (C=O) groups excluding carboxylic acids is 4. The van der Waals surface area contributed by atoms with E-state index in [9.17, 15) is 19.2 Å². The van der Waals surface area contributed by atoms with Crippen LogP contribution in [-0.4, -0.2) is 41.5 Å². The fourth-order valence-electron chi connectivity index (χ4n) is 12.8. The van der Waals surface area contributed by atoms with Gasteiger partial charge in [0.25, 0.3) is 0 Å². The number of hydrogen-bond donors (Lipinski definition) is 0. The molecule has 0 saturated heterocycles. The van der Waals surface area contributed by atoms with Crippen molar-refractivity contribution in [1.29, 1.82) is 0 Å². The van der Waals surface area contributed by atoms with Gasteiger partial charge in [0, 0.05) is 12.3 Å². The van der Waals surface area contributed by atoms with Crippen LogP contribution in [0.2, 0.25) is 0 Å². The molecule has 0 N–H and O–H groups in total. The molecule has 3 fully saturated rings. The van der Waals surface area contributed by atoms with Gasteiger partial charge >= 0.3 is 17.9 Å². The second-order valence-electron chi connectivity index (χ2n) is 20.4. The summed E-state index contributed by atoms with van der Waals surface area (Å²) in [6, 6.07) is 0. The smallest absolute Gasteiger partial charge is 0.316 e. The van der Waals surface area contributed by atoms with Crippen LogP contribution in [0, 0.1) is 51.2 Å². The van der Waals surface area contributed by atoms with Gasteiger partial charge in [0.15, 0.2) is 23.6 Å². The normalized spacial score (nSPS) is 38.2. The van der Waals surface area contributed by atoms with Crippen molar-refractivity contribution in [3.05, 3.63) is 70.4 Å². The SMILES string of the molecule is CC(=O)O[C@H](C(C)(C)C(=O)OC1C[C@H]2C(=CC1=O)C=CC1=C3CCC[C@@]3(C)CC[C@@H]12)[C@]1(OC(=O)C(C)(C)C)CCC2C3=CC=C4C=CCCC4C3CC[C@@]21C. The first kappa shape index (κ1) is 38.4. The van der Waals surface area contributed by atoms with Gasteiger partial charge in [-0.15, -0.1) is 0 Å². The first-order chi connectivity index (χ1) is 25.9. The maximum Gasteiger partial charge on any atom is 0.316 e. The molecule has 0 radical (unpaired) electrons. The number of fused-ring (bicyclic) bond motifs is 9. The Morgan fingerprint density at radius 1 is 0.818 bits per heavy atom. The van der Waals surface area contributed by atoms with Crippen molar-refractivity contribution in [3.8, 4) is 0 Å². The number of hydrogen-bond acceptors (Lipinski definition) is 7. The summed E-state index contributed by atoms with van der Waals surface area (Å²) in [7, 11) is 0. The molecule has 4 unspecified atom stereocenters. The molecule has 0 aromatic heterocycles. The van der Waals surface area contributed by atoms with Gasteiger partial charge in [-0.1, -0.05) is 61.4 Å². The Kier molecular flexibility index (Phi) is 9.28. The van der Waals surface area contributed by atoms with Gasteiger partial charge in [-0.2, -0.15) is 0 Å². The minimum Gasteiger partial charge on any atom is -0.457 e. The average molecular weight is 751 g/mol. The molecule has 0 spiro atoms. The molecular weight excluding hydrogens is 689 g/mol. The first-order valence-electron chi connectivity index (χ1n) is 21.3. The van der Waals surface area contributed by atoms with E-state index in [1.165, 1.54) is 36.5 Å². The lowest BCUT2D eigenvalue weighted by molar-refractivity contribution is -0.237. The van der Waals surface area contributed by atoms with E-state index < -0.39 is 52.0 Å². The van der Waals surface area contributed by atoms with Crippen molar-refractivity contribution in [2.24, 2.45) is 51.2 Å². The third-order valence-corrected chi connectivity index (χ3v) is 15.8. The van der Waals surface area contributed by atoms with E-state index in [0.717, 1.165) is 56.9 Å². The average Bonchev–Trinajstić information content (AvgIpc) is 3.67. The third kappa shape index (κ3) is 6.02. The predicted molar refractivity (Wildman–Crippen MR) is 211 cm³/mol. The number of rotatable bonds is 6. The topological polar surface area (TPSA) is 96.0 Å². The Hall–Kier alpha value is -3.48. The fourth-order valence-corrected chi connectivity index (χ4v) is 12.8. The summed E-state index contributed by atoms with van der Waals surface area (Å²) < 4.78 is 19.5. The van der Waals surface area contributed by atoms with Crippen LogP contribution in [0.5, 0.6) is 0 Å². The van der Waals surface area contributed by atoms with Crippen LogP contribution in [0.3, 0.4) is 0 Å². The van der Waals surface area contributed by atoms with Crippen LogP contribution < -0.4 is 0 Å². The minimum atomic E-state index is -1.46. The second-order valence-corrected chi connectivity index (χ2v) is 20.4. The molecule has 7 heteroatoms. The zero-order valence-corrected chi connectivity index (χ0v) is 34.4. The molecule has 0 aromatic rings. The predicted octanol–water partition coefficient (Wildman–Crippen LogP) is 9.83. The lowest BCUT2D eigenvalue weighted by Crippen LogP contribution is -2.65. The van der Waals surface area contributed by atoms with E-state index >= 15 is 0 Å². The van der Waals surface area contributed by atoms with Gasteiger partial charge in [-0.25, -0.2) is 0 Å². The monoisotopic (exact) mass is 750 g/mol. The van der Waals surface area contributed by atoms with Crippen molar-refractivity contribution in [2.45, 2.75) is 150 Å². The van der Waals surface area contributed by atoms with Crippen LogP contribution in [-0.2, 0) is 33.4 Å². The van der Waals surface area contributed by atoms with Crippen LogP contribution in [0.4, 0.5) is 0 Å². The molecule has 0 bridgehead atoms. The number of allylic oxidation sites excluding steroid dienone is 11. The highest BCUT2D eigenvalue weighted by Gasteiger charge is 2.71. The van der Waals surface area contributed by atoms with Crippen LogP contribution in [0.1, 0.15) is 132 Å². The maximum atomic E-state index is 14.8. The molecule has 3 saturated carbocycles. The minimum absolute atomic E-state index is 0.0796. The summed E-state index contributed by atoms with van der Waals surface area (Å²) in [5, 5.41) is 0. The molecule has 8 rings (SSSR count). The van der Waals surface area contributed by atoms with Gasteiger partial charge < -0.3 is 14.2 Å². The number of carbonyl (C=O) groups is 4. The quantitative estimate of drug-likeness (QED) is 0.197. The first-order valence-corrected chi connectivity index (χ1v) is 21.3. The molecule has 0 aliphatic heterocycles. The van der Waals surface area contributed by atoms with Gasteiger partial charge in [-0.3, -0.25) is 19.2 Å². The van der Waals surface area contributed by atoms with E-state index in [2.05, 4.69) is 50.3 Å². The number of ether oxygens (including phenoxy) is 3. The summed E-state index contributed by atoms with van der Waals surface area (Å²) in [4.78, 5) is 55.8. The van der Waals surface area contributed by atoms with Crippen molar-refractivity contribution in [2.75, 3.05) is 0 Å². The third-order valence-electron chi connectivity index (χ3n) is 15.8. The van der Waals surface area contributed by atoms with Crippen molar-refractivity contribution >= 4 is 23.7 Å². The highest BCUT2D eigenvalue weighted by atomic mass is 16.6. The van der Waals surface area contributed by atoms with Gasteiger partial charge in [0.1, 0.15) is 5.41 Å². The molecule has 296 valence electrons. The second kappa shape index (κ2) is 13.3. The highest BCUT2D eigenvalue weighted by molar-refractivity contribution is 5.97. The lowest BCUT2D eigenvalue weighted by atomic mass is 9.53. The molecule has 8 aliphatic carbocycles. The molecule has 7 nitrogen and oxygen atoms in total. The van der Waals surface area contributed by atoms with E-state index in [-0.39, 0.29) is 23.0 Å². The van der Waals surface area contributed by atoms with Crippen LogP contribution in [0.15, 0.2) is 70.4 Å². The Morgan fingerprint density at radius 2 is 1.58 bits per heavy atom. The number of ketones is 1. The summed E-state index contributed by atoms with van der Waals surface area (Å²) in [5.74, 6) is -0.396. The largest absolute Gasteiger partial charge is 0.457 e. The van der Waals surface area contributed by atoms with E-state index in [0.29, 0.717) is 30.6 Å². The van der Waals surface area contributed by atoms with Crippen LogP contribution in [0.25, 0.3) is 0 Å². The zero-order valence-electron chi connectivity index (χ0n) is 34.4. The fraction of sp³-hybridized carbons (Fsp3) is 0.667. The maximum absolute atomic E-state index is 14.8. The molecule has 0 heterocycles. The van der Waals surface area contributed by atoms with Crippen molar-refractivity contribution < 1.29 is 33.4 Å². The lowest BCUT2D eigenvalue weighted by Gasteiger charge is -2.56. The Bertz CT molecular complexity index is 1880. The molecule has 8 aliphatic rings. The summed E-state index contributed by atoms with van der Waals surface area (Å²) in [5.41, 5.74) is 2.86. The standard InChI is InChI=1S/C48H62O7/c1-28(49)53-41(45(5,6)43(52)54-40-27-36-30(26-39(40)50)16-18-34-33(36)19-23-46(7)22-11-14-37(34)46)48(55-42(51)44(2,3)4)25-21-38-35-17-15-29-12-9-10-13-31(29)32(35)20-24-47(38,48)8/h9,12,15-18,26,31-33,36,38,40-41H,10-11,13-14,19-25,27H2,1-8H3/t31?,32?,33-,36-,38?,40?,41+,46-,47-,48+/m0/s1. The van der Waals surface area contributed by atoms with Crippen molar-refractivity contribution in [1.82, 2.24) is 0 Å². The Balaban J connectivity index is 1.12. The van der Waals surface area contributed by atoms with Gasteiger partial charge in [0.2, 0.25) is 0 Å². The molecule has 55 heavy (non-hydrogen) atoms. The molecule has 10 atom stereocenters. The molecular formula is C48H62O7. The van der Waals surface area contributed by atoms with Gasteiger partial charge in [-0.05, 0) is 169 Å². The zero-order chi connectivity index (χ0) is 39.3. The van der Waals surface area contributed by atoms with E-state index in [1.807, 2.05) is 20.8 Å². The van der Waals surface area contributed by atoms with Crippen molar-refractivity contribution in [3.63, 3.8) is 0 Å². The highest BCUT2D eigenvalue weighted by Crippen LogP contribution is 2.67. The van der Waals surface area contributed by atoms with E-state index in [1.54, 1.807) is 25.5 Å². The summed E-state index contributed by atoms with van der Waals surface area (Å²) in [6.45, 7) is 14.9. The summed E-state index contributed by atoms with van der Waals surface area (Å²) >= 11 is 0. The van der Waals surface area contributed by atoms with Gasteiger partial charge in [0.05, 0.1) is 5.41 Å². The molecule has 0 aromatic carbocycles. The Morgan fingerprint density at radius 3 is 2.33 bits per heavy atom. The Labute approximate surface area is 328 Å². The van der Waals surface area contributed by atoms with Crippen LogP contribution >= 0.6 is 0 Å². The molecule has 0 amide bonds. The summed E-state index contributed by atoms with van der Waals surface area (Å²) in [6.07, 6.45) is 24.4.